The average Bonchev–Trinajstić information content (AvgIpc) is 3.17. The summed E-state index contributed by atoms with van der Waals surface area (Å²) in [5, 5.41) is 11.9. The molecular weight excluding hydrogens is 420 g/mol. The van der Waals surface area contributed by atoms with Gasteiger partial charge in [0.05, 0.1) is 45.5 Å². The van der Waals surface area contributed by atoms with E-state index in [9.17, 15) is 5.11 Å². The molecule has 0 spiro atoms. The molecule has 138 valence electrons. The molecule has 2 saturated heterocycles. The van der Waals surface area contributed by atoms with Crippen LogP contribution in [0.3, 0.4) is 0 Å². The standard InChI is InChI=1S/C18H15Cl4NO3/c19-12-3-1-10(5-14(12)21)16-23-17(11-2-4-13(20)15(22)6-11)26-9-18(23,7-24)8-25-16/h1-6,16-17,24H,7-9H2/t16-,17+,18?. The van der Waals surface area contributed by atoms with Crippen molar-refractivity contribution in [3.8, 4) is 0 Å². The van der Waals surface area contributed by atoms with E-state index in [0.29, 0.717) is 33.3 Å². The van der Waals surface area contributed by atoms with Crippen LogP contribution in [0.2, 0.25) is 20.1 Å². The molecule has 0 radical (unpaired) electrons. The van der Waals surface area contributed by atoms with Gasteiger partial charge in [0.2, 0.25) is 0 Å². The van der Waals surface area contributed by atoms with Crippen LogP contribution in [0.5, 0.6) is 0 Å². The Labute approximate surface area is 171 Å². The number of aliphatic hydroxyl groups excluding tert-OH is 1. The van der Waals surface area contributed by atoms with Crippen LogP contribution in [0.25, 0.3) is 0 Å². The van der Waals surface area contributed by atoms with Crippen molar-refractivity contribution in [2.75, 3.05) is 19.8 Å². The molecule has 0 aliphatic carbocycles. The number of nitrogens with zero attached hydrogens (tertiary/aromatic N) is 1. The normalized spacial score (nSPS) is 28.5. The summed E-state index contributed by atoms with van der Waals surface area (Å²) in [6, 6.07) is 10.7. The quantitative estimate of drug-likeness (QED) is 0.730. The van der Waals surface area contributed by atoms with Crippen LogP contribution in [0, 0.1) is 0 Å². The van der Waals surface area contributed by atoms with Crippen LogP contribution in [0.15, 0.2) is 36.4 Å². The zero-order chi connectivity index (χ0) is 18.5. The van der Waals surface area contributed by atoms with Gasteiger partial charge in [0.1, 0.15) is 12.5 Å². The van der Waals surface area contributed by atoms with E-state index in [1.54, 1.807) is 24.3 Å². The van der Waals surface area contributed by atoms with Crippen molar-refractivity contribution in [2.45, 2.75) is 18.0 Å². The number of rotatable bonds is 3. The Hall–Kier alpha value is -0.560. The fourth-order valence-corrected chi connectivity index (χ4v) is 4.07. The number of benzene rings is 2. The molecule has 1 unspecified atom stereocenters. The summed E-state index contributed by atoms with van der Waals surface area (Å²) in [4.78, 5) is 2.02. The average molecular weight is 435 g/mol. The van der Waals surface area contributed by atoms with Crippen LogP contribution in [-0.4, -0.2) is 35.4 Å². The predicted octanol–water partition coefficient (Wildman–Crippen LogP) is 5.09. The minimum Gasteiger partial charge on any atom is -0.394 e. The SMILES string of the molecule is OCC12CO[C@H](c3ccc(Cl)c(Cl)c3)N1[C@H](c1ccc(Cl)c(Cl)c1)OC2. The van der Waals surface area contributed by atoms with Crippen molar-refractivity contribution in [3.05, 3.63) is 67.6 Å². The first kappa shape index (κ1) is 18.8. The van der Waals surface area contributed by atoms with Gasteiger partial charge in [0.15, 0.2) is 0 Å². The molecular formula is C18H15Cl4NO3. The third-order valence-corrected chi connectivity index (χ3v) is 6.30. The molecule has 2 fully saturated rings. The maximum atomic E-state index is 10.1. The van der Waals surface area contributed by atoms with E-state index in [1.165, 1.54) is 0 Å². The molecule has 2 aromatic rings. The zero-order valence-electron chi connectivity index (χ0n) is 13.5. The lowest BCUT2D eigenvalue weighted by Gasteiger charge is -2.33. The fourth-order valence-electron chi connectivity index (χ4n) is 3.46. The Bertz CT molecular complexity index is 784. The highest BCUT2D eigenvalue weighted by molar-refractivity contribution is 6.42. The maximum Gasteiger partial charge on any atom is 0.139 e. The summed E-state index contributed by atoms with van der Waals surface area (Å²) < 4.78 is 12.1. The third-order valence-electron chi connectivity index (χ3n) is 4.82. The Morgan fingerprint density at radius 2 is 1.31 bits per heavy atom. The lowest BCUT2D eigenvalue weighted by Crippen LogP contribution is -2.47. The Morgan fingerprint density at radius 1 is 0.846 bits per heavy atom. The molecule has 2 aliphatic heterocycles. The Kier molecular flexibility index (Phi) is 5.14. The first-order valence-electron chi connectivity index (χ1n) is 7.97. The smallest absolute Gasteiger partial charge is 0.139 e. The van der Waals surface area contributed by atoms with E-state index < -0.39 is 18.0 Å². The fraction of sp³-hybridized carbons (Fsp3) is 0.333. The second-order valence-electron chi connectivity index (χ2n) is 6.46. The molecule has 1 N–H and O–H groups in total. The monoisotopic (exact) mass is 433 g/mol. The van der Waals surface area contributed by atoms with Crippen LogP contribution in [0.1, 0.15) is 23.6 Å². The van der Waals surface area contributed by atoms with Crippen LogP contribution >= 0.6 is 46.4 Å². The molecule has 3 atom stereocenters. The molecule has 0 saturated carbocycles. The highest BCUT2D eigenvalue weighted by Crippen LogP contribution is 2.49. The van der Waals surface area contributed by atoms with Gasteiger partial charge in [-0.25, -0.2) is 4.90 Å². The van der Waals surface area contributed by atoms with Crippen LogP contribution in [0.4, 0.5) is 0 Å². The molecule has 2 aliphatic rings. The highest BCUT2D eigenvalue weighted by Gasteiger charge is 2.56. The number of fused-ring (bicyclic) bond motifs is 1. The van der Waals surface area contributed by atoms with Gasteiger partial charge in [-0.1, -0.05) is 58.5 Å². The van der Waals surface area contributed by atoms with Gasteiger partial charge in [-0.3, -0.25) is 0 Å². The van der Waals surface area contributed by atoms with Crippen LogP contribution in [-0.2, 0) is 9.47 Å². The first-order chi connectivity index (χ1) is 12.4. The van der Waals surface area contributed by atoms with Crippen molar-refractivity contribution in [3.63, 3.8) is 0 Å². The van der Waals surface area contributed by atoms with Gasteiger partial charge in [-0.15, -0.1) is 0 Å². The Balaban J connectivity index is 1.75. The zero-order valence-corrected chi connectivity index (χ0v) is 16.5. The molecule has 0 amide bonds. The van der Waals surface area contributed by atoms with E-state index >= 15 is 0 Å². The van der Waals surface area contributed by atoms with Gasteiger partial charge in [0, 0.05) is 0 Å². The summed E-state index contributed by atoms with van der Waals surface area (Å²) in [5.74, 6) is 0. The molecule has 4 nitrogen and oxygen atoms in total. The van der Waals surface area contributed by atoms with E-state index in [2.05, 4.69) is 0 Å². The lowest BCUT2D eigenvalue weighted by atomic mass is 10.0. The van der Waals surface area contributed by atoms with E-state index in [0.717, 1.165) is 11.1 Å². The molecule has 0 aromatic heterocycles. The van der Waals surface area contributed by atoms with Gasteiger partial charge in [0.25, 0.3) is 0 Å². The number of halogens is 4. The number of hydrogen-bond donors (Lipinski definition) is 1. The molecule has 2 heterocycles. The largest absolute Gasteiger partial charge is 0.394 e. The summed E-state index contributed by atoms with van der Waals surface area (Å²) in [6.45, 7) is 0.584. The summed E-state index contributed by atoms with van der Waals surface area (Å²) in [5.41, 5.74) is 1.05. The second-order valence-corrected chi connectivity index (χ2v) is 8.09. The Morgan fingerprint density at radius 3 is 1.69 bits per heavy atom. The van der Waals surface area contributed by atoms with Crippen molar-refractivity contribution in [2.24, 2.45) is 0 Å². The van der Waals surface area contributed by atoms with E-state index in [4.69, 9.17) is 55.9 Å². The van der Waals surface area contributed by atoms with Gasteiger partial charge >= 0.3 is 0 Å². The van der Waals surface area contributed by atoms with Crippen molar-refractivity contribution in [1.82, 2.24) is 4.90 Å². The van der Waals surface area contributed by atoms with Crippen LogP contribution < -0.4 is 0 Å². The van der Waals surface area contributed by atoms with E-state index in [-0.39, 0.29) is 6.61 Å². The lowest BCUT2D eigenvalue weighted by molar-refractivity contribution is -0.0630. The van der Waals surface area contributed by atoms with Gasteiger partial charge in [-0.05, 0) is 35.4 Å². The summed E-state index contributed by atoms with van der Waals surface area (Å²) in [7, 11) is 0. The molecule has 0 bridgehead atoms. The van der Waals surface area contributed by atoms with Crippen molar-refractivity contribution < 1.29 is 14.6 Å². The highest BCUT2D eigenvalue weighted by atomic mass is 35.5. The second kappa shape index (κ2) is 7.12. The minimum atomic E-state index is -0.631. The molecule has 26 heavy (non-hydrogen) atoms. The summed E-state index contributed by atoms with van der Waals surface area (Å²) >= 11 is 24.4. The van der Waals surface area contributed by atoms with Gasteiger partial charge in [-0.2, -0.15) is 0 Å². The van der Waals surface area contributed by atoms with Crippen molar-refractivity contribution in [1.29, 1.82) is 0 Å². The molecule has 4 rings (SSSR count). The molecule has 8 heteroatoms. The predicted molar refractivity (Wildman–Crippen MR) is 102 cm³/mol. The van der Waals surface area contributed by atoms with E-state index in [1.807, 2.05) is 17.0 Å². The van der Waals surface area contributed by atoms with Gasteiger partial charge < -0.3 is 14.6 Å². The number of ether oxygens (including phenoxy) is 2. The summed E-state index contributed by atoms with van der Waals surface area (Å²) in [6.07, 6.45) is -0.863. The first-order valence-corrected chi connectivity index (χ1v) is 9.49. The third kappa shape index (κ3) is 3.03. The minimum absolute atomic E-state index is 0.0946. The number of aliphatic hydroxyl groups is 1. The van der Waals surface area contributed by atoms with Crippen molar-refractivity contribution >= 4 is 46.4 Å². The molecule has 2 aromatic carbocycles. The number of hydrogen-bond acceptors (Lipinski definition) is 4. The maximum absolute atomic E-state index is 10.1. The topological polar surface area (TPSA) is 41.9 Å².